The first-order valence-electron chi connectivity index (χ1n) is 10.6. The Morgan fingerprint density at radius 3 is 2.24 bits per heavy atom. The van der Waals surface area contributed by atoms with Gasteiger partial charge in [0, 0.05) is 61.5 Å². The van der Waals surface area contributed by atoms with Gasteiger partial charge in [-0.1, -0.05) is 13.8 Å². The van der Waals surface area contributed by atoms with Gasteiger partial charge in [0.25, 0.3) is 5.69 Å². The van der Waals surface area contributed by atoms with E-state index in [1.54, 1.807) is 6.07 Å². The van der Waals surface area contributed by atoms with Crippen molar-refractivity contribution in [2.75, 3.05) is 44.3 Å². The normalized spacial score (nSPS) is 15.5. The van der Waals surface area contributed by atoms with Gasteiger partial charge < -0.3 is 14.7 Å². The molecule has 33 heavy (non-hydrogen) atoms. The zero-order valence-electron chi connectivity index (χ0n) is 18.6. The number of anilines is 1. The number of benzene rings is 2. The number of alkyl halides is 3. The maximum Gasteiger partial charge on any atom is 0.416 e. The molecule has 10 heteroatoms. The number of non-ortho nitro benzene ring substituents is 1. The van der Waals surface area contributed by atoms with E-state index >= 15 is 0 Å². The average molecular weight is 467 g/mol. The molecule has 1 heterocycles. The highest BCUT2D eigenvalue weighted by atomic mass is 19.4. The fourth-order valence-corrected chi connectivity index (χ4v) is 3.53. The van der Waals surface area contributed by atoms with E-state index in [9.17, 15) is 28.4 Å². The second-order valence-corrected chi connectivity index (χ2v) is 8.97. The van der Waals surface area contributed by atoms with Crippen LogP contribution >= 0.6 is 0 Å². The number of aliphatic hydroxyl groups excluding tert-OH is 1. The van der Waals surface area contributed by atoms with Crippen molar-refractivity contribution >= 4 is 11.4 Å². The fraction of sp³-hybridized carbons (Fsp3) is 0.478. The van der Waals surface area contributed by atoms with Crippen molar-refractivity contribution in [1.82, 2.24) is 4.90 Å². The molecule has 1 aliphatic heterocycles. The summed E-state index contributed by atoms with van der Waals surface area (Å²) in [5, 5.41) is 20.7. The Balaban J connectivity index is 1.66. The summed E-state index contributed by atoms with van der Waals surface area (Å²) in [6.45, 7) is 6.89. The highest BCUT2D eigenvalue weighted by Crippen LogP contribution is 2.31. The van der Waals surface area contributed by atoms with Crippen LogP contribution in [-0.2, 0) is 12.7 Å². The minimum atomic E-state index is -4.36. The molecule has 0 amide bonds. The van der Waals surface area contributed by atoms with E-state index in [2.05, 4.69) is 4.90 Å². The van der Waals surface area contributed by atoms with E-state index in [0.717, 1.165) is 17.8 Å². The zero-order valence-corrected chi connectivity index (χ0v) is 18.6. The van der Waals surface area contributed by atoms with E-state index in [0.29, 0.717) is 44.0 Å². The molecule has 2 aromatic carbocycles. The number of piperazine rings is 1. The maximum atomic E-state index is 12.8. The molecular formula is C23H28F3N3O4. The lowest BCUT2D eigenvalue weighted by Gasteiger charge is -2.36. The number of nitro benzene ring substituents is 1. The molecule has 1 saturated heterocycles. The van der Waals surface area contributed by atoms with Gasteiger partial charge in [0.05, 0.1) is 23.7 Å². The predicted octanol–water partition coefficient (Wildman–Crippen LogP) is 4.33. The molecule has 1 fully saturated rings. The van der Waals surface area contributed by atoms with Crippen LogP contribution in [0, 0.1) is 15.5 Å². The van der Waals surface area contributed by atoms with E-state index in [-0.39, 0.29) is 18.9 Å². The van der Waals surface area contributed by atoms with E-state index in [1.807, 2.05) is 18.7 Å². The van der Waals surface area contributed by atoms with Gasteiger partial charge in [0.2, 0.25) is 0 Å². The van der Waals surface area contributed by atoms with Gasteiger partial charge in [-0.05, 0) is 30.3 Å². The van der Waals surface area contributed by atoms with E-state index in [4.69, 9.17) is 4.74 Å². The third kappa shape index (κ3) is 6.58. The monoisotopic (exact) mass is 467 g/mol. The summed E-state index contributed by atoms with van der Waals surface area (Å²) in [5.41, 5.74) is 0.260. The summed E-state index contributed by atoms with van der Waals surface area (Å²) in [6.07, 6.45) is -4.36. The molecule has 0 saturated carbocycles. The van der Waals surface area contributed by atoms with Crippen LogP contribution in [0.15, 0.2) is 42.5 Å². The second kappa shape index (κ2) is 9.96. The summed E-state index contributed by atoms with van der Waals surface area (Å²) in [4.78, 5) is 14.9. The van der Waals surface area contributed by atoms with Crippen molar-refractivity contribution in [3.8, 4) is 5.75 Å². The Bertz CT molecular complexity index is 956. The lowest BCUT2D eigenvalue weighted by atomic mass is 9.96. The largest absolute Gasteiger partial charge is 0.493 e. The number of nitrogens with zero attached hydrogens (tertiary/aromatic N) is 3. The molecule has 0 aromatic heterocycles. The fourth-order valence-electron chi connectivity index (χ4n) is 3.53. The van der Waals surface area contributed by atoms with Crippen LogP contribution in [0.4, 0.5) is 24.5 Å². The highest BCUT2D eigenvalue weighted by molar-refractivity contribution is 5.49. The number of hydrogen-bond donors (Lipinski definition) is 1. The topological polar surface area (TPSA) is 79.1 Å². The number of halogens is 3. The Labute approximate surface area is 190 Å². The van der Waals surface area contributed by atoms with Crippen LogP contribution in [0.5, 0.6) is 5.75 Å². The molecule has 7 nitrogen and oxygen atoms in total. The number of ether oxygens (including phenoxy) is 1. The SMILES string of the molecule is CC(C)(CO)COc1ccc([N+](=O)[O-])cc1CN1CCN(c2ccc(C(F)(F)F)cc2)CC1. The lowest BCUT2D eigenvalue weighted by Crippen LogP contribution is -2.46. The zero-order chi connectivity index (χ0) is 24.2. The lowest BCUT2D eigenvalue weighted by molar-refractivity contribution is -0.385. The minimum Gasteiger partial charge on any atom is -0.493 e. The van der Waals surface area contributed by atoms with Gasteiger partial charge in [-0.15, -0.1) is 0 Å². The summed E-state index contributed by atoms with van der Waals surface area (Å²) < 4.78 is 44.2. The van der Waals surface area contributed by atoms with Gasteiger partial charge in [0.15, 0.2) is 0 Å². The van der Waals surface area contributed by atoms with Crippen LogP contribution in [0.2, 0.25) is 0 Å². The first-order chi connectivity index (χ1) is 15.5. The van der Waals surface area contributed by atoms with Gasteiger partial charge in [-0.3, -0.25) is 15.0 Å². The van der Waals surface area contributed by atoms with Crippen LogP contribution < -0.4 is 9.64 Å². The van der Waals surface area contributed by atoms with Crippen molar-refractivity contribution in [2.45, 2.75) is 26.6 Å². The molecule has 0 atom stereocenters. The summed E-state index contributed by atoms with van der Waals surface area (Å²) >= 11 is 0. The van der Waals surface area contributed by atoms with Crippen LogP contribution in [0.3, 0.4) is 0 Å². The standard InChI is InChI=1S/C23H28F3N3O4/c1-22(2,15-30)16-33-21-8-7-20(29(31)32)13-17(21)14-27-9-11-28(12-10-27)19-5-3-18(4-6-19)23(24,25)26/h3-8,13,30H,9-12,14-16H2,1-2H3. The highest BCUT2D eigenvalue weighted by Gasteiger charge is 2.30. The predicted molar refractivity (Wildman–Crippen MR) is 118 cm³/mol. The summed E-state index contributed by atoms with van der Waals surface area (Å²) in [6, 6.07) is 9.61. The third-order valence-corrected chi connectivity index (χ3v) is 5.63. The molecule has 180 valence electrons. The third-order valence-electron chi connectivity index (χ3n) is 5.63. The Kier molecular flexibility index (Phi) is 7.48. The van der Waals surface area contributed by atoms with Crippen LogP contribution in [0.25, 0.3) is 0 Å². The Hall–Kier alpha value is -2.85. The van der Waals surface area contributed by atoms with E-state index in [1.165, 1.54) is 24.3 Å². The van der Waals surface area contributed by atoms with Crippen LogP contribution in [0.1, 0.15) is 25.0 Å². The Morgan fingerprint density at radius 1 is 1.06 bits per heavy atom. The maximum absolute atomic E-state index is 12.8. The second-order valence-electron chi connectivity index (χ2n) is 8.97. The first-order valence-corrected chi connectivity index (χ1v) is 10.6. The molecular weight excluding hydrogens is 439 g/mol. The molecule has 1 aliphatic rings. The van der Waals surface area contributed by atoms with Gasteiger partial charge >= 0.3 is 6.18 Å². The number of hydrogen-bond acceptors (Lipinski definition) is 6. The molecule has 2 aromatic rings. The van der Waals surface area contributed by atoms with Crippen molar-refractivity contribution in [1.29, 1.82) is 0 Å². The summed E-state index contributed by atoms with van der Waals surface area (Å²) in [7, 11) is 0. The molecule has 0 spiro atoms. The van der Waals surface area contributed by atoms with Crippen molar-refractivity contribution in [3.63, 3.8) is 0 Å². The minimum absolute atomic E-state index is 0.0258. The summed E-state index contributed by atoms with van der Waals surface area (Å²) in [5.74, 6) is 0.535. The van der Waals surface area contributed by atoms with Crippen LogP contribution in [-0.4, -0.2) is 54.3 Å². The molecule has 0 radical (unpaired) electrons. The van der Waals surface area contributed by atoms with E-state index < -0.39 is 22.1 Å². The number of rotatable bonds is 8. The average Bonchev–Trinajstić information content (AvgIpc) is 2.78. The van der Waals surface area contributed by atoms with Crippen molar-refractivity contribution in [2.24, 2.45) is 5.41 Å². The molecule has 3 rings (SSSR count). The van der Waals surface area contributed by atoms with Crippen molar-refractivity contribution < 1.29 is 27.9 Å². The number of nitro groups is 1. The quantitative estimate of drug-likeness (QED) is 0.460. The smallest absolute Gasteiger partial charge is 0.416 e. The van der Waals surface area contributed by atoms with Gasteiger partial charge in [-0.25, -0.2) is 0 Å². The Morgan fingerprint density at radius 2 is 1.70 bits per heavy atom. The van der Waals surface area contributed by atoms with Gasteiger partial charge in [-0.2, -0.15) is 13.2 Å². The number of aliphatic hydroxyl groups is 1. The van der Waals surface area contributed by atoms with Gasteiger partial charge in [0.1, 0.15) is 5.75 Å². The molecule has 0 aliphatic carbocycles. The van der Waals surface area contributed by atoms with Crippen molar-refractivity contribution in [3.05, 3.63) is 63.7 Å². The molecule has 0 unspecified atom stereocenters. The molecule has 1 N–H and O–H groups in total. The first kappa shape index (κ1) is 24.8. The molecule has 0 bridgehead atoms.